The van der Waals surface area contributed by atoms with Gasteiger partial charge in [-0.25, -0.2) is 0 Å². The van der Waals surface area contributed by atoms with E-state index in [1.807, 2.05) is 0 Å². The van der Waals surface area contributed by atoms with Crippen LogP contribution in [0.1, 0.15) is 20.8 Å². The summed E-state index contributed by atoms with van der Waals surface area (Å²) in [5.74, 6) is 1.41. The first-order valence-corrected chi connectivity index (χ1v) is 5.22. The molecule has 0 radical (unpaired) electrons. The Morgan fingerprint density at radius 2 is 2.09 bits per heavy atom. The fraction of sp³-hybridized carbons (Fsp3) is 0.600. The lowest BCUT2D eigenvalue weighted by molar-refractivity contribution is 0.521. The Morgan fingerprint density at radius 3 is 2.64 bits per heavy atom. The zero-order valence-electron chi connectivity index (χ0n) is 7.39. The lowest BCUT2D eigenvalue weighted by Gasteiger charge is -2.23. The molecular weight excluding hydrogens is 200 g/mol. The first kappa shape index (κ1) is 9.05. The molecule has 0 saturated heterocycles. The predicted molar refractivity (Wildman–Crippen MR) is 54.0 cm³/mol. The first-order valence-electron chi connectivity index (χ1n) is 4.10. The minimum Gasteiger partial charge on any atom is -0.0880 e. The Labute approximate surface area is 77.5 Å². The summed E-state index contributed by atoms with van der Waals surface area (Å²) in [6, 6.07) is 0. The Hall–Kier alpha value is -0.0400. The van der Waals surface area contributed by atoms with Crippen LogP contribution in [0.4, 0.5) is 0 Å². The van der Waals surface area contributed by atoms with E-state index >= 15 is 0 Å². The van der Waals surface area contributed by atoms with Crippen molar-refractivity contribution in [2.24, 2.45) is 11.8 Å². The molecule has 0 aliphatic heterocycles. The van der Waals surface area contributed by atoms with Crippen molar-refractivity contribution in [2.45, 2.75) is 20.8 Å². The predicted octanol–water partition coefficient (Wildman–Crippen LogP) is 3.54. The fourth-order valence-corrected chi connectivity index (χ4v) is 2.20. The second-order valence-electron chi connectivity index (χ2n) is 3.41. The van der Waals surface area contributed by atoms with E-state index in [0.29, 0.717) is 11.8 Å². The van der Waals surface area contributed by atoms with Gasteiger partial charge < -0.3 is 0 Å². The van der Waals surface area contributed by atoms with Crippen LogP contribution in [0.25, 0.3) is 0 Å². The van der Waals surface area contributed by atoms with E-state index in [2.05, 4.69) is 48.9 Å². The summed E-state index contributed by atoms with van der Waals surface area (Å²) in [5, 5.41) is 1.02. The molecule has 0 aromatic heterocycles. The van der Waals surface area contributed by atoms with Crippen LogP contribution in [0.5, 0.6) is 0 Å². The Morgan fingerprint density at radius 1 is 1.45 bits per heavy atom. The minimum atomic E-state index is 0.701. The normalized spacial score (nSPS) is 31.3. The van der Waals surface area contributed by atoms with Crippen LogP contribution in [-0.2, 0) is 0 Å². The summed E-state index contributed by atoms with van der Waals surface area (Å²) in [6.07, 6.45) is 4.64. The fourth-order valence-electron chi connectivity index (χ4n) is 1.53. The van der Waals surface area contributed by atoms with Crippen molar-refractivity contribution in [1.29, 1.82) is 0 Å². The maximum Gasteiger partial charge on any atom is 0.0247 e. The molecule has 11 heavy (non-hydrogen) atoms. The molecule has 62 valence electrons. The standard InChI is InChI=1S/C10H15Br/c1-7-4-8(2)9(3)10(5-7)6-11/h4-5,8-9H,6H2,1-3H3/t8-,9+/m0/s1. The molecule has 0 saturated carbocycles. The van der Waals surface area contributed by atoms with E-state index in [0.717, 1.165) is 5.33 Å². The highest BCUT2D eigenvalue weighted by molar-refractivity contribution is 9.09. The molecule has 0 fully saturated rings. The molecule has 2 atom stereocenters. The van der Waals surface area contributed by atoms with Gasteiger partial charge in [-0.3, -0.25) is 0 Å². The molecule has 0 bridgehead atoms. The van der Waals surface area contributed by atoms with Crippen molar-refractivity contribution in [3.63, 3.8) is 0 Å². The number of hydrogen-bond acceptors (Lipinski definition) is 0. The monoisotopic (exact) mass is 214 g/mol. The van der Waals surface area contributed by atoms with Gasteiger partial charge in [-0.15, -0.1) is 0 Å². The molecule has 0 spiro atoms. The highest BCUT2D eigenvalue weighted by Gasteiger charge is 2.17. The van der Waals surface area contributed by atoms with Crippen LogP contribution in [0.15, 0.2) is 23.3 Å². The maximum absolute atomic E-state index is 3.51. The molecule has 1 aliphatic carbocycles. The summed E-state index contributed by atoms with van der Waals surface area (Å²) in [4.78, 5) is 0. The second-order valence-corrected chi connectivity index (χ2v) is 3.97. The zero-order valence-corrected chi connectivity index (χ0v) is 8.98. The Balaban J connectivity index is 2.84. The van der Waals surface area contributed by atoms with Gasteiger partial charge >= 0.3 is 0 Å². The third kappa shape index (κ3) is 1.96. The van der Waals surface area contributed by atoms with Gasteiger partial charge in [-0.1, -0.05) is 53.1 Å². The van der Waals surface area contributed by atoms with Crippen molar-refractivity contribution in [1.82, 2.24) is 0 Å². The smallest absolute Gasteiger partial charge is 0.0247 e. The lowest BCUT2D eigenvalue weighted by Crippen LogP contribution is -2.13. The third-order valence-corrected chi connectivity index (χ3v) is 3.11. The summed E-state index contributed by atoms with van der Waals surface area (Å²) >= 11 is 3.51. The molecule has 0 amide bonds. The molecule has 0 aromatic rings. The number of allylic oxidation sites excluding steroid dienone is 4. The van der Waals surface area contributed by atoms with E-state index < -0.39 is 0 Å². The zero-order chi connectivity index (χ0) is 8.43. The molecule has 0 aromatic carbocycles. The van der Waals surface area contributed by atoms with E-state index in [1.54, 1.807) is 0 Å². The first-order chi connectivity index (χ1) is 5.15. The quantitative estimate of drug-likeness (QED) is 0.587. The van der Waals surface area contributed by atoms with Crippen molar-refractivity contribution in [3.8, 4) is 0 Å². The van der Waals surface area contributed by atoms with Crippen LogP contribution >= 0.6 is 15.9 Å². The van der Waals surface area contributed by atoms with Crippen molar-refractivity contribution < 1.29 is 0 Å². The highest BCUT2D eigenvalue weighted by Crippen LogP contribution is 2.29. The van der Waals surface area contributed by atoms with Gasteiger partial charge in [0.15, 0.2) is 0 Å². The van der Waals surface area contributed by atoms with Crippen LogP contribution in [0.3, 0.4) is 0 Å². The van der Waals surface area contributed by atoms with E-state index in [4.69, 9.17) is 0 Å². The van der Waals surface area contributed by atoms with Crippen LogP contribution in [0.2, 0.25) is 0 Å². The molecule has 0 N–H and O–H groups in total. The Kier molecular flexibility index (Phi) is 2.94. The van der Waals surface area contributed by atoms with Gasteiger partial charge in [0.05, 0.1) is 0 Å². The van der Waals surface area contributed by atoms with Gasteiger partial charge in [0.2, 0.25) is 0 Å². The Bertz CT molecular complexity index is 201. The number of halogens is 1. The molecular formula is C10H15Br. The second kappa shape index (κ2) is 3.57. The number of hydrogen-bond donors (Lipinski definition) is 0. The molecule has 1 aliphatic rings. The van der Waals surface area contributed by atoms with E-state index in [9.17, 15) is 0 Å². The molecule has 1 rings (SSSR count). The molecule has 0 heterocycles. The van der Waals surface area contributed by atoms with Crippen molar-refractivity contribution in [3.05, 3.63) is 23.3 Å². The SMILES string of the molecule is CC1=C[C@H](C)[C@@H](C)C(CBr)=C1. The summed E-state index contributed by atoms with van der Waals surface area (Å²) in [6.45, 7) is 6.75. The third-order valence-electron chi connectivity index (χ3n) is 2.47. The van der Waals surface area contributed by atoms with Crippen LogP contribution in [-0.4, -0.2) is 5.33 Å². The lowest BCUT2D eigenvalue weighted by atomic mass is 9.83. The molecule has 1 heteroatoms. The van der Waals surface area contributed by atoms with Crippen molar-refractivity contribution >= 4 is 15.9 Å². The van der Waals surface area contributed by atoms with Crippen LogP contribution in [0, 0.1) is 11.8 Å². The van der Waals surface area contributed by atoms with E-state index in [1.165, 1.54) is 11.1 Å². The summed E-state index contributed by atoms with van der Waals surface area (Å²) in [7, 11) is 0. The molecule has 0 unspecified atom stereocenters. The van der Waals surface area contributed by atoms with Gasteiger partial charge in [-0.2, -0.15) is 0 Å². The summed E-state index contributed by atoms with van der Waals surface area (Å²) in [5.41, 5.74) is 2.93. The average molecular weight is 215 g/mol. The van der Waals surface area contributed by atoms with Gasteiger partial charge in [-0.05, 0) is 18.8 Å². The maximum atomic E-state index is 3.51. The topological polar surface area (TPSA) is 0 Å². The average Bonchev–Trinajstić information content (AvgIpc) is 1.96. The minimum absolute atomic E-state index is 0.701. The molecule has 0 nitrogen and oxygen atoms in total. The highest BCUT2D eigenvalue weighted by atomic mass is 79.9. The van der Waals surface area contributed by atoms with Gasteiger partial charge in [0.1, 0.15) is 0 Å². The van der Waals surface area contributed by atoms with Crippen molar-refractivity contribution in [2.75, 3.05) is 5.33 Å². The summed E-state index contributed by atoms with van der Waals surface area (Å²) < 4.78 is 0. The number of alkyl halides is 1. The number of rotatable bonds is 1. The van der Waals surface area contributed by atoms with Crippen LogP contribution < -0.4 is 0 Å². The van der Waals surface area contributed by atoms with Gasteiger partial charge in [0.25, 0.3) is 0 Å². The largest absolute Gasteiger partial charge is 0.0880 e. The van der Waals surface area contributed by atoms with Gasteiger partial charge in [0, 0.05) is 5.33 Å². The van der Waals surface area contributed by atoms with E-state index in [-0.39, 0.29) is 0 Å².